The Balaban J connectivity index is 1.40. The average molecular weight is 459 g/mol. The summed E-state index contributed by atoms with van der Waals surface area (Å²) in [6.45, 7) is 10.2. The molecule has 1 saturated heterocycles. The summed E-state index contributed by atoms with van der Waals surface area (Å²) >= 11 is 0. The molecule has 1 spiro atoms. The highest BCUT2D eigenvalue weighted by atomic mass is 16.5. The first-order valence-electron chi connectivity index (χ1n) is 12.2. The lowest BCUT2D eigenvalue weighted by atomic mass is 9.81. The Morgan fingerprint density at radius 1 is 1.18 bits per heavy atom. The van der Waals surface area contributed by atoms with Crippen LogP contribution in [-0.2, 0) is 23.7 Å². The SMILES string of the molecule is COC1=C(OC(C)C)C=CC(C(=O)N2CCC3(CC2)CC(OC(C)C)C2=C(NCC=C2)O3)C1. The van der Waals surface area contributed by atoms with Crippen molar-refractivity contribution in [1.82, 2.24) is 10.2 Å². The van der Waals surface area contributed by atoms with E-state index in [9.17, 15) is 4.79 Å². The third kappa shape index (κ3) is 5.24. The lowest BCUT2D eigenvalue weighted by Gasteiger charge is -2.48. The number of dihydropyridines is 1. The number of carbonyl (C=O) groups is 1. The summed E-state index contributed by atoms with van der Waals surface area (Å²) in [7, 11) is 1.64. The third-order valence-corrected chi connectivity index (χ3v) is 6.67. The zero-order valence-electron chi connectivity index (χ0n) is 20.6. The Bertz CT molecular complexity index is 862. The van der Waals surface area contributed by atoms with Gasteiger partial charge in [-0.2, -0.15) is 0 Å². The number of piperidine rings is 1. The van der Waals surface area contributed by atoms with Gasteiger partial charge in [-0.15, -0.1) is 0 Å². The molecule has 1 amide bonds. The van der Waals surface area contributed by atoms with Crippen LogP contribution in [0.5, 0.6) is 0 Å². The van der Waals surface area contributed by atoms with E-state index in [1.807, 2.05) is 30.9 Å². The molecule has 0 radical (unpaired) electrons. The second kappa shape index (κ2) is 9.84. The summed E-state index contributed by atoms with van der Waals surface area (Å²) in [5.74, 6) is 2.22. The largest absolute Gasteiger partial charge is 0.497 e. The van der Waals surface area contributed by atoms with Crippen molar-refractivity contribution in [3.05, 3.63) is 47.3 Å². The van der Waals surface area contributed by atoms with Crippen molar-refractivity contribution in [2.24, 2.45) is 5.92 Å². The summed E-state index contributed by atoms with van der Waals surface area (Å²) in [6, 6.07) is 0. The Hall–Kier alpha value is -2.41. The van der Waals surface area contributed by atoms with E-state index in [4.69, 9.17) is 18.9 Å². The molecule has 182 valence electrons. The molecule has 3 aliphatic heterocycles. The molecule has 33 heavy (non-hydrogen) atoms. The summed E-state index contributed by atoms with van der Waals surface area (Å²) in [5.41, 5.74) is 0.802. The lowest BCUT2D eigenvalue weighted by molar-refractivity contribution is -0.144. The van der Waals surface area contributed by atoms with Gasteiger partial charge in [0.2, 0.25) is 5.91 Å². The number of methoxy groups -OCH3 is 1. The number of hydrogen-bond donors (Lipinski definition) is 1. The highest BCUT2D eigenvalue weighted by Crippen LogP contribution is 2.41. The van der Waals surface area contributed by atoms with Crippen molar-refractivity contribution in [1.29, 1.82) is 0 Å². The second-order valence-corrected chi connectivity index (χ2v) is 9.88. The van der Waals surface area contributed by atoms with Crippen LogP contribution in [0.1, 0.15) is 53.4 Å². The molecule has 1 fully saturated rings. The number of allylic oxidation sites excluding steroid dienone is 2. The second-order valence-electron chi connectivity index (χ2n) is 9.88. The smallest absolute Gasteiger partial charge is 0.229 e. The van der Waals surface area contributed by atoms with Gasteiger partial charge in [-0.3, -0.25) is 4.79 Å². The highest BCUT2D eigenvalue weighted by Gasteiger charge is 2.46. The van der Waals surface area contributed by atoms with Crippen molar-refractivity contribution < 1.29 is 23.7 Å². The molecule has 1 aliphatic carbocycles. The van der Waals surface area contributed by atoms with Gasteiger partial charge < -0.3 is 29.2 Å². The minimum absolute atomic E-state index is 0.00936. The quantitative estimate of drug-likeness (QED) is 0.653. The number of likely N-dealkylation sites (tertiary alicyclic amines) is 1. The molecule has 0 aromatic heterocycles. The molecule has 0 saturated carbocycles. The van der Waals surface area contributed by atoms with E-state index in [2.05, 4.69) is 31.3 Å². The van der Waals surface area contributed by atoms with E-state index in [-0.39, 0.29) is 35.7 Å². The standard InChI is InChI=1S/C26H38N2O5/c1-17(2)31-21-9-8-19(15-22(21)30-5)25(29)28-13-10-26(11-14-28)16-23(32-18(3)4)20-7-6-12-27-24(20)33-26/h6-9,17-19,23,27H,10-16H2,1-5H3. The zero-order chi connectivity index (χ0) is 23.6. The van der Waals surface area contributed by atoms with Crippen molar-refractivity contribution in [3.63, 3.8) is 0 Å². The van der Waals surface area contributed by atoms with Crippen LogP contribution in [0.4, 0.5) is 0 Å². The number of nitrogens with one attached hydrogen (secondary N) is 1. The molecule has 1 N–H and O–H groups in total. The molecule has 7 nitrogen and oxygen atoms in total. The first-order valence-corrected chi connectivity index (χ1v) is 12.2. The van der Waals surface area contributed by atoms with Gasteiger partial charge in [0.05, 0.1) is 31.3 Å². The van der Waals surface area contributed by atoms with E-state index in [1.165, 1.54) is 0 Å². The molecule has 7 heteroatoms. The van der Waals surface area contributed by atoms with Crippen LogP contribution in [0.2, 0.25) is 0 Å². The lowest BCUT2D eigenvalue weighted by Crippen LogP contribution is -2.54. The maximum absolute atomic E-state index is 13.3. The van der Waals surface area contributed by atoms with Crippen LogP contribution < -0.4 is 5.32 Å². The highest BCUT2D eigenvalue weighted by molar-refractivity contribution is 5.81. The average Bonchev–Trinajstić information content (AvgIpc) is 2.78. The van der Waals surface area contributed by atoms with Crippen LogP contribution >= 0.6 is 0 Å². The van der Waals surface area contributed by atoms with Crippen molar-refractivity contribution in [2.75, 3.05) is 26.7 Å². The fourth-order valence-electron chi connectivity index (χ4n) is 5.07. The van der Waals surface area contributed by atoms with Gasteiger partial charge >= 0.3 is 0 Å². The molecule has 0 aromatic carbocycles. The van der Waals surface area contributed by atoms with E-state index >= 15 is 0 Å². The van der Waals surface area contributed by atoms with E-state index in [0.717, 1.165) is 48.8 Å². The molecular formula is C26H38N2O5. The summed E-state index contributed by atoms with van der Waals surface area (Å²) in [5, 5.41) is 3.38. The van der Waals surface area contributed by atoms with Crippen LogP contribution in [0, 0.1) is 5.92 Å². The summed E-state index contributed by atoms with van der Waals surface area (Å²) < 4.78 is 24.2. The molecule has 2 atom stereocenters. The van der Waals surface area contributed by atoms with Crippen LogP contribution in [0.15, 0.2) is 47.3 Å². The molecule has 4 rings (SSSR count). The maximum atomic E-state index is 13.3. The number of hydrogen-bond acceptors (Lipinski definition) is 6. The predicted molar refractivity (Wildman–Crippen MR) is 126 cm³/mol. The molecule has 4 aliphatic rings. The molecular weight excluding hydrogens is 420 g/mol. The van der Waals surface area contributed by atoms with Gasteiger partial charge in [-0.25, -0.2) is 0 Å². The topological polar surface area (TPSA) is 69.3 Å². The first-order chi connectivity index (χ1) is 15.8. The van der Waals surface area contributed by atoms with Gasteiger partial charge in [0.15, 0.2) is 11.6 Å². The monoisotopic (exact) mass is 458 g/mol. The number of rotatable bonds is 6. The van der Waals surface area contributed by atoms with Crippen LogP contribution in [0.3, 0.4) is 0 Å². The minimum Gasteiger partial charge on any atom is -0.497 e. The van der Waals surface area contributed by atoms with Gasteiger partial charge in [0.25, 0.3) is 0 Å². The molecule has 2 unspecified atom stereocenters. The molecule has 0 bridgehead atoms. The Morgan fingerprint density at radius 2 is 1.94 bits per heavy atom. The maximum Gasteiger partial charge on any atom is 0.229 e. The third-order valence-electron chi connectivity index (χ3n) is 6.67. The molecule has 3 heterocycles. The Kier molecular flexibility index (Phi) is 7.07. The van der Waals surface area contributed by atoms with Gasteiger partial charge in [-0.1, -0.05) is 18.2 Å². The van der Waals surface area contributed by atoms with Crippen molar-refractivity contribution in [2.45, 2.75) is 77.3 Å². The van der Waals surface area contributed by atoms with E-state index in [1.54, 1.807) is 7.11 Å². The van der Waals surface area contributed by atoms with Gasteiger partial charge in [0, 0.05) is 50.9 Å². The summed E-state index contributed by atoms with van der Waals surface area (Å²) in [4.78, 5) is 15.3. The minimum atomic E-state index is -0.300. The van der Waals surface area contributed by atoms with Crippen molar-refractivity contribution in [3.8, 4) is 0 Å². The van der Waals surface area contributed by atoms with Crippen LogP contribution in [0.25, 0.3) is 0 Å². The number of carbonyl (C=O) groups excluding carboxylic acids is 1. The Morgan fingerprint density at radius 3 is 2.61 bits per heavy atom. The fourth-order valence-corrected chi connectivity index (χ4v) is 5.07. The number of amides is 1. The number of ether oxygens (including phenoxy) is 4. The van der Waals surface area contributed by atoms with Gasteiger partial charge in [-0.05, 0) is 33.8 Å². The summed E-state index contributed by atoms with van der Waals surface area (Å²) in [6.07, 6.45) is 11.2. The first kappa shape index (κ1) is 23.7. The Labute approximate surface area is 197 Å². The van der Waals surface area contributed by atoms with Crippen molar-refractivity contribution >= 4 is 5.91 Å². The molecule has 0 aromatic rings. The predicted octanol–water partition coefficient (Wildman–Crippen LogP) is 3.79. The van der Waals surface area contributed by atoms with E-state index in [0.29, 0.717) is 19.5 Å². The fraction of sp³-hybridized carbons (Fsp3) is 0.654. The van der Waals surface area contributed by atoms with Crippen LogP contribution in [-0.4, -0.2) is 61.5 Å². The normalized spacial score (nSPS) is 26.5. The number of nitrogens with zero attached hydrogens (tertiary/aromatic N) is 1. The van der Waals surface area contributed by atoms with E-state index < -0.39 is 0 Å². The zero-order valence-corrected chi connectivity index (χ0v) is 20.6. The van der Waals surface area contributed by atoms with Gasteiger partial charge in [0.1, 0.15) is 11.4 Å².